The smallest absolute Gasteiger partial charge is 0.194 e. The van der Waals surface area contributed by atoms with Gasteiger partial charge in [0.05, 0.1) is 12.6 Å². The molecule has 1 aromatic rings. The van der Waals surface area contributed by atoms with Crippen LogP contribution in [-0.2, 0) is 0 Å². The number of guanidine groups is 1. The molecule has 1 fully saturated rings. The normalized spacial score (nSPS) is 19.5. The molecule has 2 atom stereocenters. The molecule has 1 aliphatic heterocycles. The van der Waals surface area contributed by atoms with E-state index in [1.54, 1.807) is 0 Å². The molecule has 0 saturated carbocycles. The summed E-state index contributed by atoms with van der Waals surface area (Å²) < 4.78 is 0. The van der Waals surface area contributed by atoms with Crippen molar-refractivity contribution in [3.63, 3.8) is 0 Å². The Morgan fingerprint density at radius 3 is 2.56 bits per heavy atom. The molecule has 0 aromatic heterocycles. The fourth-order valence-corrected chi connectivity index (χ4v) is 3.47. The van der Waals surface area contributed by atoms with Crippen LogP contribution >= 0.6 is 0 Å². The zero-order chi connectivity index (χ0) is 18.2. The first-order valence-electron chi connectivity index (χ1n) is 9.60. The fraction of sp³-hybridized carbons (Fsp3) is 0.650. The lowest BCUT2D eigenvalue weighted by atomic mass is 10.1. The molecule has 140 valence electrons. The summed E-state index contributed by atoms with van der Waals surface area (Å²) in [6, 6.07) is 8.62. The molecule has 0 bridgehead atoms. The molecule has 2 unspecified atom stereocenters. The molecule has 1 aliphatic rings. The number of aliphatic imine (C=N–C) groups is 1. The van der Waals surface area contributed by atoms with Gasteiger partial charge in [0.1, 0.15) is 0 Å². The highest BCUT2D eigenvalue weighted by atomic mass is 16.3. The molecule has 0 spiro atoms. The number of likely N-dealkylation sites (N-methyl/N-ethyl adjacent to an activating group) is 1. The van der Waals surface area contributed by atoms with E-state index in [1.807, 2.05) is 24.3 Å². The Balaban J connectivity index is 1.99. The maximum atomic E-state index is 10.4. The van der Waals surface area contributed by atoms with Crippen LogP contribution in [0.25, 0.3) is 0 Å². The summed E-state index contributed by atoms with van der Waals surface area (Å²) in [5.41, 5.74) is 2.12. The molecule has 2 N–H and O–H groups in total. The van der Waals surface area contributed by atoms with E-state index in [4.69, 9.17) is 4.99 Å². The largest absolute Gasteiger partial charge is 0.386 e. The van der Waals surface area contributed by atoms with Gasteiger partial charge >= 0.3 is 0 Å². The van der Waals surface area contributed by atoms with Crippen molar-refractivity contribution < 1.29 is 5.11 Å². The van der Waals surface area contributed by atoms with Gasteiger partial charge in [-0.25, -0.2) is 0 Å². The quantitative estimate of drug-likeness (QED) is 0.588. The highest BCUT2D eigenvalue weighted by molar-refractivity contribution is 5.80. The van der Waals surface area contributed by atoms with Crippen molar-refractivity contribution in [3.05, 3.63) is 35.4 Å². The number of hydrogen-bond acceptors (Lipinski definition) is 3. The van der Waals surface area contributed by atoms with Crippen molar-refractivity contribution in [1.29, 1.82) is 0 Å². The number of hydrogen-bond donors (Lipinski definition) is 2. The molecule has 0 radical (unpaired) electrons. The molecule has 1 heterocycles. The minimum Gasteiger partial charge on any atom is -0.386 e. The number of aliphatic hydroxyl groups excluding tert-OH is 1. The first kappa shape index (κ1) is 19.7. The Morgan fingerprint density at radius 1 is 1.28 bits per heavy atom. The van der Waals surface area contributed by atoms with Crippen molar-refractivity contribution in [2.75, 3.05) is 39.3 Å². The molecule has 1 aromatic carbocycles. The first-order chi connectivity index (χ1) is 12.1. The lowest BCUT2D eigenvalue weighted by Crippen LogP contribution is -2.43. The van der Waals surface area contributed by atoms with Gasteiger partial charge in [-0.1, -0.05) is 43.7 Å². The number of aryl methyl sites for hydroxylation is 1. The Hall–Kier alpha value is -1.59. The van der Waals surface area contributed by atoms with Crippen LogP contribution in [0, 0.1) is 6.92 Å². The van der Waals surface area contributed by atoms with Gasteiger partial charge in [0, 0.05) is 25.7 Å². The third-order valence-electron chi connectivity index (χ3n) is 5.00. The Kier molecular flexibility index (Phi) is 7.72. The summed E-state index contributed by atoms with van der Waals surface area (Å²) in [5, 5.41) is 13.8. The van der Waals surface area contributed by atoms with Crippen molar-refractivity contribution in [2.45, 2.75) is 46.3 Å². The first-order valence-corrected chi connectivity index (χ1v) is 9.60. The predicted octanol–water partition coefficient (Wildman–Crippen LogP) is 2.41. The number of aliphatic hydroxyl groups is 1. The minimum atomic E-state index is -0.560. The lowest BCUT2D eigenvalue weighted by Gasteiger charge is -2.27. The maximum Gasteiger partial charge on any atom is 0.194 e. The fourth-order valence-electron chi connectivity index (χ4n) is 3.47. The van der Waals surface area contributed by atoms with Crippen LogP contribution in [0.5, 0.6) is 0 Å². The summed E-state index contributed by atoms with van der Waals surface area (Å²) in [5.74, 6) is 0.920. The van der Waals surface area contributed by atoms with E-state index in [-0.39, 0.29) is 0 Å². The van der Waals surface area contributed by atoms with Crippen LogP contribution in [0.15, 0.2) is 29.3 Å². The van der Waals surface area contributed by atoms with Gasteiger partial charge in [-0.05, 0) is 38.9 Å². The second-order valence-electron chi connectivity index (χ2n) is 6.73. The standard InChI is InChI=1S/C20H34N4O/c1-5-21-20(24-13-12-18(15-24)23(6-2)7-3)22-14-19(25)17-10-8-16(4)9-11-17/h8-11,18-19,25H,5-7,12-15H2,1-4H3,(H,21,22). The van der Waals surface area contributed by atoms with E-state index >= 15 is 0 Å². The van der Waals surface area contributed by atoms with Crippen LogP contribution in [0.4, 0.5) is 0 Å². The van der Waals surface area contributed by atoms with Gasteiger partial charge in [0.15, 0.2) is 5.96 Å². The summed E-state index contributed by atoms with van der Waals surface area (Å²) in [7, 11) is 0. The van der Waals surface area contributed by atoms with Gasteiger partial charge in [0.2, 0.25) is 0 Å². The van der Waals surface area contributed by atoms with Crippen molar-refractivity contribution >= 4 is 5.96 Å². The number of nitrogens with zero attached hydrogens (tertiary/aromatic N) is 3. The lowest BCUT2D eigenvalue weighted by molar-refractivity contribution is 0.186. The Bertz CT molecular complexity index is 539. The molecule has 5 nitrogen and oxygen atoms in total. The summed E-state index contributed by atoms with van der Waals surface area (Å²) in [6.45, 7) is 14.0. The van der Waals surface area contributed by atoms with Gasteiger partial charge in [-0.2, -0.15) is 0 Å². The summed E-state index contributed by atoms with van der Waals surface area (Å²) in [4.78, 5) is 9.55. The van der Waals surface area contributed by atoms with E-state index in [0.717, 1.165) is 44.2 Å². The van der Waals surface area contributed by atoms with Crippen LogP contribution in [0.2, 0.25) is 0 Å². The van der Waals surface area contributed by atoms with Crippen LogP contribution in [0.3, 0.4) is 0 Å². The van der Waals surface area contributed by atoms with Gasteiger partial charge in [-0.3, -0.25) is 9.89 Å². The minimum absolute atomic E-state index is 0.387. The zero-order valence-corrected chi connectivity index (χ0v) is 16.2. The van der Waals surface area contributed by atoms with Crippen LogP contribution in [0.1, 0.15) is 44.4 Å². The topological polar surface area (TPSA) is 51.1 Å². The van der Waals surface area contributed by atoms with Crippen molar-refractivity contribution in [1.82, 2.24) is 15.1 Å². The third kappa shape index (κ3) is 5.44. The van der Waals surface area contributed by atoms with Crippen LogP contribution in [-0.4, -0.2) is 66.2 Å². The average molecular weight is 347 g/mol. The number of likely N-dealkylation sites (tertiary alicyclic amines) is 1. The zero-order valence-electron chi connectivity index (χ0n) is 16.2. The SMILES string of the molecule is CCNC(=NCC(O)c1ccc(C)cc1)N1CCC(N(CC)CC)C1. The van der Waals surface area contributed by atoms with E-state index < -0.39 is 6.10 Å². The average Bonchev–Trinajstić information content (AvgIpc) is 3.09. The van der Waals surface area contributed by atoms with E-state index in [0.29, 0.717) is 12.6 Å². The van der Waals surface area contributed by atoms with Crippen molar-refractivity contribution in [3.8, 4) is 0 Å². The van der Waals surface area contributed by atoms with Crippen molar-refractivity contribution in [2.24, 2.45) is 4.99 Å². The second kappa shape index (κ2) is 9.78. The summed E-state index contributed by atoms with van der Waals surface area (Å²) >= 11 is 0. The van der Waals surface area contributed by atoms with Gasteiger partial charge < -0.3 is 15.3 Å². The molecule has 1 saturated heterocycles. The Labute approximate surface area is 152 Å². The monoisotopic (exact) mass is 346 g/mol. The Morgan fingerprint density at radius 2 is 1.96 bits per heavy atom. The van der Waals surface area contributed by atoms with Gasteiger partial charge in [-0.15, -0.1) is 0 Å². The molecule has 2 rings (SSSR count). The van der Waals surface area contributed by atoms with Crippen LogP contribution < -0.4 is 5.32 Å². The number of nitrogens with one attached hydrogen (secondary N) is 1. The molecule has 0 aliphatic carbocycles. The maximum absolute atomic E-state index is 10.4. The van der Waals surface area contributed by atoms with Gasteiger partial charge in [0.25, 0.3) is 0 Å². The molecule has 0 amide bonds. The number of benzene rings is 1. The molecular weight excluding hydrogens is 312 g/mol. The third-order valence-corrected chi connectivity index (χ3v) is 5.00. The molecular formula is C20H34N4O. The van der Waals surface area contributed by atoms with E-state index in [2.05, 4.69) is 42.8 Å². The highest BCUT2D eigenvalue weighted by Crippen LogP contribution is 2.17. The van der Waals surface area contributed by atoms with E-state index in [1.165, 1.54) is 12.0 Å². The molecule has 5 heteroatoms. The highest BCUT2D eigenvalue weighted by Gasteiger charge is 2.28. The molecule has 25 heavy (non-hydrogen) atoms. The summed E-state index contributed by atoms with van der Waals surface area (Å²) in [6.07, 6.45) is 0.613. The second-order valence-corrected chi connectivity index (χ2v) is 6.73. The number of rotatable bonds is 7. The predicted molar refractivity (Wildman–Crippen MR) is 105 cm³/mol. The van der Waals surface area contributed by atoms with E-state index in [9.17, 15) is 5.11 Å².